The Kier molecular flexibility index (Phi) is 4.47. The van der Waals surface area contributed by atoms with Gasteiger partial charge in [-0.15, -0.1) is 0 Å². The van der Waals surface area contributed by atoms with Crippen molar-refractivity contribution in [3.63, 3.8) is 0 Å². The minimum Gasteiger partial charge on any atom is -0.357 e. The fourth-order valence-corrected chi connectivity index (χ4v) is 1.90. The highest BCUT2D eigenvalue weighted by molar-refractivity contribution is 7.80. The molecule has 5 nitrogen and oxygen atoms in total. The number of aromatic nitrogens is 2. The molecule has 0 bridgehead atoms. The van der Waals surface area contributed by atoms with Crippen molar-refractivity contribution in [2.45, 2.75) is 13.5 Å². The van der Waals surface area contributed by atoms with Crippen LogP contribution in [0.3, 0.4) is 0 Å². The van der Waals surface area contributed by atoms with E-state index in [2.05, 4.69) is 15.7 Å². The number of hydrogen-bond acceptors (Lipinski definition) is 3. The normalized spacial score (nSPS) is 10.1. The highest BCUT2D eigenvalue weighted by Gasteiger charge is 2.02. The molecule has 1 heterocycles. The number of aryl methyl sites for hydroxylation is 1. The molecule has 1 aromatic heterocycles. The lowest BCUT2D eigenvalue weighted by Gasteiger charge is -2.10. The van der Waals surface area contributed by atoms with Crippen molar-refractivity contribution < 1.29 is 4.79 Å². The topological polar surface area (TPSA) is 59.0 Å². The van der Waals surface area contributed by atoms with Crippen LogP contribution in [-0.2, 0) is 13.6 Å². The van der Waals surface area contributed by atoms with Crippen LogP contribution in [0.5, 0.6) is 0 Å². The van der Waals surface area contributed by atoms with Crippen molar-refractivity contribution in [3.8, 4) is 0 Å². The first-order chi connectivity index (χ1) is 9.56. The van der Waals surface area contributed by atoms with Crippen molar-refractivity contribution in [3.05, 3.63) is 47.8 Å². The van der Waals surface area contributed by atoms with Crippen LogP contribution in [0.4, 0.5) is 5.69 Å². The largest absolute Gasteiger partial charge is 0.357 e. The Morgan fingerprint density at radius 3 is 2.55 bits per heavy atom. The predicted molar refractivity (Wildman–Crippen MR) is 82.7 cm³/mol. The second-order valence-corrected chi connectivity index (χ2v) is 4.80. The van der Waals surface area contributed by atoms with E-state index in [1.54, 1.807) is 29.9 Å². The lowest BCUT2D eigenvalue weighted by atomic mass is 10.1. The van der Waals surface area contributed by atoms with Gasteiger partial charge in [-0.25, -0.2) is 0 Å². The van der Waals surface area contributed by atoms with Crippen LogP contribution >= 0.6 is 12.2 Å². The van der Waals surface area contributed by atoms with Gasteiger partial charge in [0.2, 0.25) is 0 Å². The molecule has 0 unspecified atom stereocenters. The lowest BCUT2D eigenvalue weighted by Crippen LogP contribution is -2.28. The average Bonchev–Trinajstić information content (AvgIpc) is 2.82. The molecule has 1 aromatic carbocycles. The molecule has 0 saturated heterocycles. The van der Waals surface area contributed by atoms with E-state index in [4.69, 9.17) is 12.2 Å². The molecule has 6 heteroatoms. The molecule has 2 N–H and O–H groups in total. The summed E-state index contributed by atoms with van der Waals surface area (Å²) in [7, 11) is 1.88. The zero-order valence-corrected chi connectivity index (χ0v) is 12.2. The van der Waals surface area contributed by atoms with Gasteiger partial charge in [-0.05, 0) is 49.5 Å². The SMILES string of the molecule is CC(=O)c1ccc(NC(=S)NCc2ccnn2C)cc1. The number of nitrogens with one attached hydrogen (secondary N) is 2. The fraction of sp³-hybridized carbons (Fsp3) is 0.214. The van der Waals surface area contributed by atoms with E-state index in [0.29, 0.717) is 17.2 Å². The van der Waals surface area contributed by atoms with Crippen molar-refractivity contribution in [1.29, 1.82) is 0 Å². The average molecular weight is 288 g/mol. The maximum Gasteiger partial charge on any atom is 0.171 e. The summed E-state index contributed by atoms with van der Waals surface area (Å²) in [6, 6.07) is 9.13. The van der Waals surface area contributed by atoms with Gasteiger partial charge < -0.3 is 10.6 Å². The summed E-state index contributed by atoms with van der Waals surface area (Å²) in [5.41, 5.74) is 2.57. The number of Topliss-reactive ketones (excluding diaryl/α,β-unsaturated/α-hetero) is 1. The molecule has 104 valence electrons. The fourth-order valence-electron chi connectivity index (χ4n) is 1.71. The molecule has 0 fully saturated rings. The zero-order valence-electron chi connectivity index (χ0n) is 11.4. The molecule has 0 radical (unpaired) electrons. The van der Waals surface area contributed by atoms with Crippen LogP contribution in [-0.4, -0.2) is 20.7 Å². The lowest BCUT2D eigenvalue weighted by molar-refractivity contribution is 0.101. The molecule has 0 spiro atoms. The summed E-state index contributed by atoms with van der Waals surface area (Å²) >= 11 is 5.22. The number of ketones is 1. The predicted octanol–water partition coefficient (Wildman–Crippen LogP) is 2.11. The maximum absolute atomic E-state index is 11.2. The van der Waals surface area contributed by atoms with E-state index in [0.717, 1.165) is 11.4 Å². The van der Waals surface area contributed by atoms with Gasteiger partial charge in [0.05, 0.1) is 12.2 Å². The highest BCUT2D eigenvalue weighted by Crippen LogP contribution is 2.10. The summed E-state index contributed by atoms with van der Waals surface area (Å²) in [4.78, 5) is 11.2. The molecule has 0 amide bonds. The summed E-state index contributed by atoms with van der Waals surface area (Å²) in [5.74, 6) is 0.0495. The van der Waals surface area contributed by atoms with E-state index < -0.39 is 0 Å². The van der Waals surface area contributed by atoms with E-state index >= 15 is 0 Å². The highest BCUT2D eigenvalue weighted by atomic mass is 32.1. The number of carbonyl (C=O) groups excluding carboxylic acids is 1. The van der Waals surface area contributed by atoms with Crippen LogP contribution < -0.4 is 10.6 Å². The first-order valence-electron chi connectivity index (χ1n) is 6.19. The molecule has 2 aromatic rings. The number of benzene rings is 1. The van der Waals surface area contributed by atoms with Crippen molar-refractivity contribution in [2.75, 3.05) is 5.32 Å². The molecule has 2 rings (SSSR count). The Hall–Kier alpha value is -2.21. The Morgan fingerprint density at radius 1 is 1.30 bits per heavy atom. The third-order valence-corrected chi connectivity index (χ3v) is 3.15. The molecule has 0 aliphatic carbocycles. The quantitative estimate of drug-likeness (QED) is 0.666. The van der Waals surface area contributed by atoms with Crippen molar-refractivity contribution >= 4 is 28.8 Å². The molecular weight excluding hydrogens is 272 g/mol. The van der Waals surface area contributed by atoms with E-state index in [1.807, 2.05) is 25.2 Å². The third kappa shape index (κ3) is 3.64. The van der Waals surface area contributed by atoms with Gasteiger partial charge in [-0.1, -0.05) is 0 Å². The third-order valence-electron chi connectivity index (χ3n) is 2.90. The standard InChI is InChI=1S/C14H16N4OS/c1-10(19)11-3-5-12(6-4-11)17-14(20)15-9-13-7-8-16-18(13)2/h3-8H,9H2,1-2H3,(H2,15,17,20). The molecular formula is C14H16N4OS. The molecule has 0 saturated carbocycles. The van der Waals surface area contributed by atoms with E-state index in [-0.39, 0.29) is 5.78 Å². The molecule has 0 aliphatic rings. The number of nitrogens with zero attached hydrogens (tertiary/aromatic N) is 2. The first-order valence-corrected chi connectivity index (χ1v) is 6.60. The summed E-state index contributed by atoms with van der Waals surface area (Å²) in [6.07, 6.45) is 1.74. The second-order valence-electron chi connectivity index (χ2n) is 4.39. The maximum atomic E-state index is 11.2. The van der Waals surface area contributed by atoms with Gasteiger partial charge in [0.15, 0.2) is 10.9 Å². The van der Waals surface area contributed by atoms with Crippen LogP contribution in [0.15, 0.2) is 36.5 Å². The number of hydrogen-bond donors (Lipinski definition) is 2. The van der Waals surface area contributed by atoms with Crippen LogP contribution in [0, 0.1) is 0 Å². The van der Waals surface area contributed by atoms with Gasteiger partial charge in [-0.2, -0.15) is 5.10 Å². The van der Waals surface area contributed by atoms with Crippen molar-refractivity contribution in [1.82, 2.24) is 15.1 Å². The Labute approximate surface area is 123 Å². The Balaban J connectivity index is 1.88. The summed E-state index contributed by atoms with van der Waals surface area (Å²) < 4.78 is 1.79. The van der Waals surface area contributed by atoms with Gasteiger partial charge in [0, 0.05) is 24.5 Å². The van der Waals surface area contributed by atoms with Crippen LogP contribution in [0.25, 0.3) is 0 Å². The molecule has 0 atom stereocenters. The summed E-state index contributed by atoms with van der Waals surface area (Å²) in [6.45, 7) is 2.15. The Bertz CT molecular complexity index is 618. The number of anilines is 1. The van der Waals surface area contributed by atoms with Crippen molar-refractivity contribution in [2.24, 2.45) is 7.05 Å². The number of thiocarbonyl (C=S) groups is 1. The monoisotopic (exact) mass is 288 g/mol. The van der Waals surface area contributed by atoms with E-state index in [1.165, 1.54) is 0 Å². The van der Waals surface area contributed by atoms with Crippen LogP contribution in [0.1, 0.15) is 23.0 Å². The number of rotatable bonds is 4. The second kappa shape index (κ2) is 6.29. The minimum absolute atomic E-state index is 0.0495. The first kappa shape index (κ1) is 14.2. The minimum atomic E-state index is 0.0495. The zero-order chi connectivity index (χ0) is 14.5. The van der Waals surface area contributed by atoms with E-state index in [9.17, 15) is 4.79 Å². The van der Waals surface area contributed by atoms with Gasteiger partial charge >= 0.3 is 0 Å². The Morgan fingerprint density at radius 2 is 2.00 bits per heavy atom. The summed E-state index contributed by atoms with van der Waals surface area (Å²) in [5, 5.41) is 10.8. The van der Waals surface area contributed by atoms with Gasteiger partial charge in [0.1, 0.15) is 0 Å². The van der Waals surface area contributed by atoms with Crippen LogP contribution in [0.2, 0.25) is 0 Å². The molecule has 20 heavy (non-hydrogen) atoms. The molecule has 0 aliphatic heterocycles. The van der Waals surface area contributed by atoms with Gasteiger partial charge in [0.25, 0.3) is 0 Å². The number of carbonyl (C=O) groups is 1. The smallest absolute Gasteiger partial charge is 0.171 e. The van der Waals surface area contributed by atoms with Gasteiger partial charge in [-0.3, -0.25) is 9.48 Å².